The van der Waals surface area contributed by atoms with Gasteiger partial charge in [0.2, 0.25) is 5.91 Å². The number of carbonyl (C=O) groups excluding carboxylic acids is 1. The van der Waals surface area contributed by atoms with E-state index >= 15 is 0 Å². The molecule has 6 nitrogen and oxygen atoms in total. The van der Waals surface area contributed by atoms with Gasteiger partial charge >= 0.3 is 6.18 Å². The quantitative estimate of drug-likeness (QED) is 0.822. The van der Waals surface area contributed by atoms with E-state index in [1.807, 2.05) is 0 Å². The van der Waals surface area contributed by atoms with Crippen molar-refractivity contribution in [3.8, 4) is 0 Å². The number of alkyl halides is 3. The third kappa shape index (κ3) is 3.52. The van der Waals surface area contributed by atoms with Crippen LogP contribution in [0, 0.1) is 0 Å². The summed E-state index contributed by atoms with van der Waals surface area (Å²) in [5.74, 6) is -0.813. The van der Waals surface area contributed by atoms with Crippen LogP contribution < -0.4 is 10.2 Å². The maximum absolute atomic E-state index is 11.9. The Kier molecular flexibility index (Phi) is 3.95. The van der Waals surface area contributed by atoms with Gasteiger partial charge in [-0.05, 0) is 30.7 Å². The number of amides is 1. The van der Waals surface area contributed by atoms with Crippen molar-refractivity contribution in [2.75, 3.05) is 11.9 Å². The number of sulfonamides is 1. The minimum atomic E-state index is -4.65. The first kappa shape index (κ1) is 15.7. The van der Waals surface area contributed by atoms with Crippen molar-refractivity contribution in [3.05, 3.63) is 23.8 Å². The van der Waals surface area contributed by atoms with Gasteiger partial charge in [-0.25, -0.2) is 8.42 Å². The van der Waals surface area contributed by atoms with Gasteiger partial charge in [0.1, 0.15) is 0 Å². The summed E-state index contributed by atoms with van der Waals surface area (Å²) in [6.45, 7) is -0.154. The van der Waals surface area contributed by atoms with Crippen LogP contribution in [0.3, 0.4) is 0 Å². The van der Waals surface area contributed by atoms with Crippen molar-refractivity contribution in [2.24, 2.45) is 0 Å². The Balaban J connectivity index is 2.17. The van der Waals surface area contributed by atoms with Crippen molar-refractivity contribution in [2.45, 2.75) is 23.9 Å². The minimum Gasteiger partial charge on any atom is -0.325 e. The zero-order valence-corrected chi connectivity index (χ0v) is 11.5. The molecule has 2 rings (SSSR count). The van der Waals surface area contributed by atoms with Crippen molar-refractivity contribution < 1.29 is 31.2 Å². The molecule has 116 valence electrons. The highest BCUT2D eigenvalue weighted by molar-refractivity contribution is 7.89. The number of hydrogen-bond acceptors (Lipinski definition) is 4. The van der Waals surface area contributed by atoms with Gasteiger partial charge in [-0.2, -0.15) is 13.2 Å². The summed E-state index contributed by atoms with van der Waals surface area (Å²) in [6.07, 6.45) is -4.65. The molecule has 0 aliphatic carbocycles. The molecule has 2 N–H and O–H groups in total. The van der Waals surface area contributed by atoms with Crippen LogP contribution in [0.1, 0.15) is 18.4 Å². The van der Waals surface area contributed by atoms with E-state index < -0.39 is 28.7 Å². The maximum atomic E-state index is 11.9. The first-order valence-electron chi connectivity index (χ1n) is 5.75. The summed E-state index contributed by atoms with van der Waals surface area (Å²) in [5.41, 5.74) is 0.932. The predicted octanol–water partition coefficient (Wildman–Crippen LogP) is 1.51. The van der Waals surface area contributed by atoms with Crippen LogP contribution in [-0.4, -0.2) is 27.1 Å². The van der Waals surface area contributed by atoms with E-state index in [0.29, 0.717) is 11.3 Å². The molecule has 0 spiro atoms. The van der Waals surface area contributed by atoms with Gasteiger partial charge in [-0.15, -0.1) is 0 Å². The van der Waals surface area contributed by atoms with E-state index in [2.05, 4.69) is 10.2 Å². The van der Waals surface area contributed by atoms with Crippen LogP contribution in [0.15, 0.2) is 23.1 Å². The molecule has 1 aromatic carbocycles. The fourth-order valence-corrected chi connectivity index (χ4v) is 2.64. The number of benzene rings is 1. The maximum Gasteiger partial charge on any atom is 0.413 e. The summed E-state index contributed by atoms with van der Waals surface area (Å²) < 4.78 is 59.3. The zero-order valence-electron chi connectivity index (χ0n) is 10.7. The topological polar surface area (TPSA) is 84.5 Å². The van der Waals surface area contributed by atoms with Crippen LogP contribution in [-0.2, 0) is 19.7 Å². The largest absolute Gasteiger partial charge is 0.413 e. The first-order chi connectivity index (χ1) is 9.60. The number of rotatable bonds is 4. The Morgan fingerprint density at radius 2 is 2.05 bits per heavy atom. The van der Waals surface area contributed by atoms with E-state index in [0.717, 1.165) is 6.07 Å². The van der Waals surface area contributed by atoms with E-state index in [9.17, 15) is 26.4 Å². The lowest BCUT2D eigenvalue weighted by Gasteiger charge is -2.10. The first-order valence-corrected chi connectivity index (χ1v) is 7.23. The van der Waals surface area contributed by atoms with Crippen molar-refractivity contribution in [1.29, 1.82) is 0 Å². The Hall–Kier alpha value is -1.65. The third-order valence-electron chi connectivity index (χ3n) is 2.86. The third-order valence-corrected chi connectivity index (χ3v) is 4.07. The molecule has 1 aromatic rings. The van der Waals surface area contributed by atoms with Crippen molar-refractivity contribution in [3.63, 3.8) is 0 Å². The smallest absolute Gasteiger partial charge is 0.325 e. The molecule has 0 saturated heterocycles. The Morgan fingerprint density at radius 1 is 1.38 bits per heavy atom. The Morgan fingerprint density at radius 3 is 2.67 bits per heavy atom. The molecule has 0 fully saturated rings. The van der Waals surface area contributed by atoms with Gasteiger partial charge in [0.25, 0.3) is 10.0 Å². The fraction of sp³-hybridized carbons (Fsp3) is 0.364. The molecule has 0 radical (unpaired) electrons. The molecule has 1 heterocycles. The lowest BCUT2D eigenvalue weighted by Crippen LogP contribution is -2.29. The van der Waals surface area contributed by atoms with E-state index in [1.54, 1.807) is 6.92 Å². The number of anilines is 1. The van der Waals surface area contributed by atoms with Gasteiger partial charge in [0.15, 0.2) is 6.61 Å². The minimum absolute atomic E-state index is 0.277. The molecule has 1 aliphatic rings. The number of hydrogen-bond donors (Lipinski definition) is 2. The van der Waals surface area contributed by atoms with Crippen molar-refractivity contribution >= 4 is 21.6 Å². The van der Waals surface area contributed by atoms with Crippen LogP contribution in [0.25, 0.3) is 0 Å². The second-order valence-electron chi connectivity index (χ2n) is 4.45. The standard InChI is InChI=1S/C11H11F3N2O4S/c1-6-8-4-7(2-3-9(8)15-10(6)17)21(18,19)16-20-5-11(12,13)14/h2-4,6,16H,5H2,1H3,(H,15,17). The lowest BCUT2D eigenvalue weighted by atomic mass is 10.0. The van der Waals surface area contributed by atoms with Gasteiger partial charge in [0, 0.05) is 5.69 Å². The molecule has 10 heteroatoms. The molecule has 1 atom stereocenters. The molecule has 1 amide bonds. The van der Waals surface area contributed by atoms with Crippen LogP contribution in [0.5, 0.6) is 0 Å². The molecule has 0 saturated carbocycles. The van der Waals surface area contributed by atoms with Gasteiger partial charge in [0.05, 0.1) is 10.8 Å². The summed E-state index contributed by atoms with van der Waals surface area (Å²) in [7, 11) is -4.26. The van der Waals surface area contributed by atoms with Gasteiger partial charge in [-0.1, -0.05) is 4.89 Å². The Labute approximate surface area is 118 Å². The van der Waals surface area contributed by atoms with Crippen LogP contribution >= 0.6 is 0 Å². The average Bonchev–Trinajstić information content (AvgIpc) is 2.63. The number of carbonyl (C=O) groups is 1. The highest BCUT2D eigenvalue weighted by Crippen LogP contribution is 2.33. The second-order valence-corrected chi connectivity index (χ2v) is 6.10. The predicted molar refractivity (Wildman–Crippen MR) is 65.8 cm³/mol. The highest BCUT2D eigenvalue weighted by Gasteiger charge is 2.30. The fourth-order valence-electron chi connectivity index (χ4n) is 1.80. The van der Waals surface area contributed by atoms with E-state index in [4.69, 9.17) is 0 Å². The molecule has 1 aliphatic heterocycles. The van der Waals surface area contributed by atoms with E-state index in [1.165, 1.54) is 17.0 Å². The zero-order chi connectivity index (χ0) is 15.8. The van der Waals surface area contributed by atoms with Gasteiger partial charge < -0.3 is 5.32 Å². The molecule has 1 unspecified atom stereocenters. The Bertz CT molecular complexity index is 673. The monoisotopic (exact) mass is 324 g/mol. The van der Waals surface area contributed by atoms with Gasteiger partial charge in [-0.3, -0.25) is 9.63 Å². The number of nitrogens with one attached hydrogen (secondary N) is 2. The summed E-state index contributed by atoms with van der Waals surface area (Å²) >= 11 is 0. The van der Waals surface area contributed by atoms with Crippen LogP contribution in [0.2, 0.25) is 0 Å². The molecule has 21 heavy (non-hydrogen) atoms. The summed E-state index contributed by atoms with van der Waals surface area (Å²) in [5, 5.41) is 2.55. The molecule has 0 bridgehead atoms. The normalized spacial score (nSPS) is 18.5. The number of halogens is 3. The van der Waals surface area contributed by atoms with E-state index in [-0.39, 0.29) is 10.8 Å². The molecule has 0 aromatic heterocycles. The molecular formula is C11H11F3N2O4S. The second kappa shape index (κ2) is 5.28. The number of fused-ring (bicyclic) bond motifs is 1. The highest BCUT2D eigenvalue weighted by atomic mass is 32.2. The van der Waals surface area contributed by atoms with Crippen molar-refractivity contribution in [1.82, 2.24) is 4.89 Å². The molecular weight excluding hydrogens is 313 g/mol. The summed E-state index contributed by atoms with van der Waals surface area (Å²) in [4.78, 5) is 16.5. The lowest BCUT2D eigenvalue weighted by molar-refractivity contribution is -0.181. The summed E-state index contributed by atoms with van der Waals surface area (Å²) in [6, 6.07) is 3.75. The van der Waals surface area contributed by atoms with Crippen LogP contribution in [0.4, 0.5) is 18.9 Å². The SMILES string of the molecule is CC1C(=O)Nc2ccc(S(=O)(=O)NOCC(F)(F)F)cc21. The average molecular weight is 324 g/mol.